The number of hydrogen-bond acceptors (Lipinski definition) is 6. The van der Waals surface area contributed by atoms with Gasteiger partial charge in [0.2, 0.25) is 0 Å². The van der Waals surface area contributed by atoms with E-state index in [1.807, 2.05) is 38.1 Å². The Kier molecular flexibility index (Phi) is 6.78. The normalized spacial score (nSPS) is 16.9. The van der Waals surface area contributed by atoms with Crippen LogP contribution in [0, 0.1) is 6.92 Å². The zero-order valence-corrected chi connectivity index (χ0v) is 20.1. The van der Waals surface area contributed by atoms with E-state index in [1.165, 1.54) is 19.1 Å². The van der Waals surface area contributed by atoms with E-state index < -0.39 is 17.7 Å². The number of carbonyl (C=O) groups is 2. The first-order valence-corrected chi connectivity index (χ1v) is 11.2. The monoisotopic (exact) mass is 473 g/mol. The number of ether oxygens (including phenoxy) is 3. The molecule has 180 valence electrons. The summed E-state index contributed by atoms with van der Waals surface area (Å²) >= 11 is 0. The smallest absolute Gasteiger partial charge is 0.300 e. The van der Waals surface area contributed by atoms with Crippen molar-refractivity contribution in [1.29, 1.82) is 0 Å². The van der Waals surface area contributed by atoms with Crippen molar-refractivity contribution in [2.45, 2.75) is 19.9 Å². The number of aliphatic hydroxyl groups excluding tert-OH is 1. The molecule has 7 heteroatoms. The highest BCUT2D eigenvalue weighted by Crippen LogP contribution is 2.44. The van der Waals surface area contributed by atoms with Crippen LogP contribution in [-0.4, -0.2) is 37.6 Å². The first kappa shape index (κ1) is 23.9. The summed E-state index contributed by atoms with van der Waals surface area (Å²) < 4.78 is 16.2. The maximum absolute atomic E-state index is 13.4. The van der Waals surface area contributed by atoms with Gasteiger partial charge in [0.15, 0.2) is 11.5 Å². The topological polar surface area (TPSA) is 85.3 Å². The van der Waals surface area contributed by atoms with Gasteiger partial charge in [-0.05, 0) is 67.4 Å². The number of benzene rings is 3. The molecule has 35 heavy (non-hydrogen) atoms. The fourth-order valence-electron chi connectivity index (χ4n) is 4.30. The molecular formula is C28H27NO6. The van der Waals surface area contributed by atoms with E-state index in [4.69, 9.17) is 14.2 Å². The largest absolute Gasteiger partial charge is 0.507 e. The molecule has 1 aliphatic heterocycles. The number of aryl methyl sites for hydroxylation is 1. The summed E-state index contributed by atoms with van der Waals surface area (Å²) in [5.74, 6) is -0.237. The predicted molar refractivity (Wildman–Crippen MR) is 133 cm³/mol. The molecular weight excluding hydrogens is 446 g/mol. The molecule has 0 spiro atoms. The van der Waals surface area contributed by atoms with Gasteiger partial charge in [0.25, 0.3) is 11.7 Å². The van der Waals surface area contributed by atoms with Crippen LogP contribution >= 0.6 is 0 Å². The number of hydrogen-bond donors (Lipinski definition) is 1. The van der Waals surface area contributed by atoms with Crippen LogP contribution in [0.1, 0.15) is 29.7 Å². The maximum atomic E-state index is 13.4. The Hall–Kier alpha value is -4.26. The van der Waals surface area contributed by atoms with Crippen molar-refractivity contribution in [1.82, 2.24) is 0 Å². The Morgan fingerprint density at radius 3 is 2.26 bits per heavy atom. The van der Waals surface area contributed by atoms with Crippen molar-refractivity contribution in [3.05, 3.63) is 89.0 Å². The number of methoxy groups -OCH3 is 2. The van der Waals surface area contributed by atoms with E-state index in [0.717, 1.165) is 11.1 Å². The van der Waals surface area contributed by atoms with Crippen molar-refractivity contribution >= 4 is 23.1 Å². The minimum Gasteiger partial charge on any atom is -0.507 e. The molecule has 3 aromatic carbocycles. The maximum Gasteiger partial charge on any atom is 0.300 e. The third kappa shape index (κ3) is 4.33. The molecule has 0 aromatic heterocycles. The van der Waals surface area contributed by atoms with E-state index in [1.54, 1.807) is 42.5 Å². The summed E-state index contributed by atoms with van der Waals surface area (Å²) in [5.41, 5.74) is 2.49. The van der Waals surface area contributed by atoms with Gasteiger partial charge >= 0.3 is 0 Å². The van der Waals surface area contributed by atoms with Gasteiger partial charge < -0.3 is 19.3 Å². The number of ketones is 1. The molecule has 1 saturated heterocycles. The molecule has 0 aliphatic carbocycles. The summed E-state index contributed by atoms with van der Waals surface area (Å²) in [6.07, 6.45) is 0. The predicted octanol–water partition coefficient (Wildman–Crippen LogP) is 5.04. The number of anilines is 1. The van der Waals surface area contributed by atoms with E-state index in [2.05, 4.69) is 0 Å². The van der Waals surface area contributed by atoms with Gasteiger partial charge in [-0.15, -0.1) is 0 Å². The number of carbonyl (C=O) groups excluding carboxylic acids is 2. The number of rotatable bonds is 7. The average molecular weight is 474 g/mol. The molecule has 1 N–H and O–H groups in total. The van der Waals surface area contributed by atoms with Gasteiger partial charge in [-0.3, -0.25) is 14.5 Å². The summed E-state index contributed by atoms with van der Waals surface area (Å²) in [4.78, 5) is 28.1. The standard InChI is InChI=1S/C28H27NO6/c1-5-35-20-13-11-19(12-14-20)29-25(21-9-7-6-8-17(21)2)24(27(31)28(29)32)26(30)18-10-15-22(33-3)23(16-18)34-4/h6-16,25,30H,5H2,1-4H3/b26-24+. The minimum atomic E-state index is -0.817. The Bertz CT molecular complexity index is 1300. The SMILES string of the molecule is CCOc1ccc(N2C(=O)C(=O)/C(=C(/O)c3ccc(OC)c(OC)c3)C2c2ccccc2C)cc1. The molecule has 1 unspecified atom stereocenters. The first-order valence-electron chi connectivity index (χ1n) is 11.2. The summed E-state index contributed by atoms with van der Waals surface area (Å²) in [7, 11) is 3.00. The van der Waals surface area contributed by atoms with Crippen LogP contribution in [0.15, 0.2) is 72.3 Å². The second-order valence-electron chi connectivity index (χ2n) is 8.02. The molecule has 3 aromatic rings. The minimum absolute atomic E-state index is 0.00500. The Labute approximate surface area is 204 Å². The van der Waals surface area contributed by atoms with Crippen LogP contribution in [0.25, 0.3) is 5.76 Å². The van der Waals surface area contributed by atoms with E-state index >= 15 is 0 Å². The first-order chi connectivity index (χ1) is 16.9. The average Bonchev–Trinajstić information content (AvgIpc) is 3.14. The van der Waals surface area contributed by atoms with Crippen LogP contribution in [0.3, 0.4) is 0 Å². The Morgan fingerprint density at radius 2 is 1.63 bits per heavy atom. The molecule has 1 atom stereocenters. The number of amides is 1. The lowest BCUT2D eigenvalue weighted by molar-refractivity contribution is -0.132. The molecule has 1 fully saturated rings. The third-order valence-corrected chi connectivity index (χ3v) is 6.01. The van der Waals surface area contributed by atoms with Gasteiger partial charge in [0.1, 0.15) is 11.5 Å². The van der Waals surface area contributed by atoms with Gasteiger partial charge in [-0.1, -0.05) is 24.3 Å². The van der Waals surface area contributed by atoms with Crippen LogP contribution < -0.4 is 19.1 Å². The zero-order valence-electron chi connectivity index (χ0n) is 20.1. The van der Waals surface area contributed by atoms with Crippen molar-refractivity contribution in [3.8, 4) is 17.2 Å². The van der Waals surface area contributed by atoms with E-state index in [-0.39, 0.29) is 11.3 Å². The lowest BCUT2D eigenvalue weighted by Crippen LogP contribution is -2.29. The van der Waals surface area contributed by atoms with Gasteiger partial charge in [0, 0.05) is 11.3 Å². The van der Waals surface area contributed by atoms with Crippen LogP contribution in [0.2, 0.25) is 0 Å². The summed E-state index contributed by atoms with van der Waals surface area (Å²) in [6.45, 7) is 4.31. The molecule has 1 heterocycles. The van der Waals surface area contributed by atoms with Gasteiger partial charge in [-0.25, -0.2) is 0 Å². The zero-order chi connectivity index (χ0) is 25.1. The Balaban J connectivity index is 1.91. The van der Waals surface area contributed by atoms with E-state index in [9.17, 15) is 14.7 Å². The number of nitrogens with zero attached hydrogens (tertiary/aromatic N) is 1. The number of Topliss-reactive ketones (excluding diaryl/α,β-unsaturated/α-hetero) is 1. The van der Waals surface area contributed by atoms with Crippen LogP contribution in [0.4, 0.5) is 5.69 Å². The van der Waals surface area contributed by atoms with Crippen LogP contribution in [-0.2, 0) is 9.59 Å². The van der Waals surface area contributed by atoms with Crippen LogP contribution in [0.5, 0.6) is 17.2 Å². The highest BCUT2D eigenvalue weighted by atomic mass is 16.5. The summed E-state index contributed by atoms with van der Waals surface area (Å²) in [6, 6.07) is 18.5. The second kappa shape index (κ2) is 9.93. The van der Waals surface area contributed by atoms with E-state index in [0.29, 0.717) is 35.1 Å². The lowest BCUT2D eigenvalue weighted by atomic mass is 9.92. The fourth-order valence-corrected chi connectivity index (χ4v) is 4.30. The molecule has 0 bridgehead atoms. The quantitative estimate of drug-likeness (QED) is 0.294. The highest BCUT2D eigenvalue weighted by molar-refractivity contribution is 6.51. The molecule has 4 rings (SSSR count). The molecule has 1 amide bonds. The summed E-state index contributed by atoms with van der Waals surface area (Å²) in [5, 5.41) is 11.4. The highest BCUT2D eigenvalue weighted by Gasteiger charge is 2.47. The third-order valence-electron chi connectivity index (χ3n) is 6.01. The van der Waals surface area contributed by atoms with Crippen molar-refractivity contribution < 1.29 is 28.9 Å². The van der Waals surface area contributed by atoms with Gasteiger partial charge in [-0.2, -0.15) is 0 Å². The molecule has 0 saturated carbocycles. The molecule has 1 aliphatic rings. The molecule has 0 radical (unpaired) electrons. The molecule has 7 nitrogen and oxygen atoms in total. The van der Waals surface area contributed by atoms with Gasteiger partial charge in [0.05, 0.1) is 32.4 Å². The fraction of sp³-hybridized carbons (Fsp3) is 0.214. The second-order valence-corrected chi connectivity index (χ2v) is 8.02. The van der Waals surface area contributed by atoms with Crippen molar-refractivity contribution in [2.24, 2.45) is 0 Å². The lowest BCUT2D eigenvalue weighted by Gasteiger charge is -2.26. The Morgan fingerprint density at radius 1 is 0.943 bits per heavy atom. The van der Waals surface area contributed by atoms with Crippen molar-refractivity contribution in [3.63, 3.8) is 0 Å². The van der Waals surface area contributed by atoms with Crippen molar-refractivity contribution in [2.75, 3.05) is 25.7 Å². The number of aliphatic hydroxyl groups is 1.